The third kappa shape index (κ3) is 2.35. The van der Waals surface area contributed by atoms with Gasteiger partial charge in [-0.1, -0.05) is 18.2 Å². The Hall–Kier alpha value is -2.34. The second-order valence-electron chi connectivity index (χ2n) is 5.48. The van der Waals surface area contributed by atoms with Crippen molar-refractivity contribution in [1.82, 2.24) is 4.98 Å². The number of hydrogen-bond acceptors (Lipinski definition) is 5. The lowest BCUT2D eigenvalue weighted by molar-refractivity contribution is -0.174. The molecule has 0 saturated carbocycles. The number of carbonyl (C=O) groups is 2. The maximum atomic E-state index is 12.4. The van der Waals surface area contributed by atoms with Crippen molar-refractivity contribution in [3.63, 3.8) is 0 Å². The summed E-state index contributed by atoms with van der Waals surface area (Å²) in [7, 11) is 0. The molecule has 0 aliphatic carbocycles. The number of aromatic nitrogens is 1. The van der Waals surface area contributed by atoms with E-state index < -0.39 is 23.6 Å². The molecule has 116 valence electrons. The molecule has 0 unspecified atom stereocenters. The van der Waals surface area contributed by atoms with Crippen LogP contribution in [0.15, 0.2) is 30.5 Å². The van der Waals surface area contributed by atoms with Crippen LogP contribution in [0.25, 0.3) is 10.9 Å². The normalized spacial score (nSPS) is 24.5. The molecule has 3 rings (SSSR count). The maximum Gasteiger partial charge on any atom is 0.351 e. The Balaban J connectivity index is 1.97. The van der Waals surface area contributed by atoms with E-state index in [4.69, 9.17) is 15.2 Å². The van der Waals surface area contributed by atoms with Crippen molar-refractivity contribution in [2.45, 2.75) is 31.4 Å². The summed E-state index contributed by atoms with van der Waals surface area (Å²) in [6.45, 7) is 1.94. The number of carbonyl (C=O) groups excluding carboxylic acids is 2. The first kappa shape index (κ1) is 14.6. The highest BCUT2D eigenvalue weighted by atomic mass is 16.6. The quantitative estimate of drug-likeness (QED) is 0.830. The van der Waals surface area contributed by atoms with Crippen molar-refractivity contribution in [3.8, 4) is 0 Å². The minimum Gasteiger partial charge on any atom is -0.463 e. The molecule has 22 heavy (non-hydrogen) atoms. The van der Waals surface area contributed by atoms with Gasteiger partial charge in [0.2, 0.25) is 5.60 Å². The zero-order valence-electron chi connectivity index (χ0n) is 12.3. The summed E-state index contributed by atoms with van der Waals surface area (Å²) in [5, 5.41) is 0.989. The van der Waals surface area contributed by atoms with E-state index in [-0.39, 0.29) is 19.4 Å². The first-order valence-electron chi connectivity index (χ1n) is 7.26. The Morgan fingerprint density at radius 3 is 2.95 bits per heavy atom. The molecule has 2 atom stereocenters. The van der Waals surface area contributed by atoms with Crippen molar-refractivity contribution < 1.29 is 19.1 Å². The van der Waals surface area contributed by atoms with Gasteiger partial charge in [-0.05, 0) is 18.6 Å². The molecule has 0 radical (unpaired) electrons. The molecular weight excluding hydrogens is 284 g/mol. The van der Waals surface area contributed by atoms with Gasteiger partial charge in [0.25, 0.3) is 0 Å². The summed E-state index contributed by atoms with van der Waals surface area (Å²) in [5.41, 5.74) is 6.26. The van der Waals surface area contributed by atoms with E-state index >= 15 is 0 Å². The van der Waals surface area contributed by atoms with E-state index in [0.717, 1.165) is 16.5 Å². The number of rotatable bonds is 4. The van der Waals surface area contributed by atoms with Crippen LogP contribution in [0, 0.1) is 0 Å². The van der Waals surface area contributed by atoms with Gasteiger partial charge in [0.05, 0.1) is 6.61 Å². The van der Waals surface area contributed by atoms with Crippen LogP contribution in [-0.2, 0) is 25.5 Å². The van der Waals surface area contributed by atoms with Gasteiger partial charge in [0, 0.05) is 29.9 Å². The van der Waals surface area contributed by atoms with Crippen molar-refractivity contribution in [3.05, 3.63) is 36.0 Å². The number of H-pyrrole nitrogens is 1. The average Bonchev–Trinajstić information content (AvgIpc) is 3.03. The summed E-state index contributed by atoms with van der Waals surface area (Å²) >= 11 is 0. The molecule has 6 nitrogen and oxygen atoms in total. The van der Waals surface area contributed by atoms with E-state index in [9.17, 15) is 9.59 Å². The van der Waals surface area contributed by atoms with Crippen LogP contribution in [0.5, 0.6) is 0 Å². The number of para-hydroxylation sites is 1. The molecule has 2 aromatic rings. The Bertz CT molecular complexity index is 724. The summed E-state index contributed by atoms with van der Waals surface area (Å²) < 4.78 is 10.5. The molecule has 0 spiro atoms. The molecular formula is C16H18N2O4. The number of hydrogen-bond donors (Lipinski definition) is 2. The summed E-state index contributed by atoms with van der Waals surface area (Å²) in [5.74, 6) is -1.10. The topological polar surface area (TPSA) is 94.4 Å². The van der Waals surface area contributed by atoms with E-state index in [1.165, 1.54) is 0 Å². The lowest BCUT2D eigenvalue weighted by atomic mass is 9.90. The van der Waals surface area contributed by atoms with E-state index in [1.807, 2.05) is 30.5 Å². The number of benzene rings is 1. The van der Waals surface area contributed by atoms with Crippen LogP contribution < -0.4 is 5.73 Å². The Morgan fingerprint density at radius 2 is 2.27 bits per heavy atom. The molecule has 1 saturated heterocycles. The van der Waals surface area contributed by atoms with Gasteiger partial charge >= 0.3 is 11.9 Å². The number of ether oxygens (including phenoxy) is 2. The lowest BCUT2D eigenvalue weighted by Gasteiger charge is -2.25. The summed E-state index contributed by atoms with van der Waals surface area (Å²) in [6, 6.07) is 6.95. The third-order valence-electron chi connectivity index (χ3n) is 3.95. The number of fused-ring (bicyclic) bond motifs is 1. The van der Waals surface area contributed by atoms with Crippen LogP contribution in [0.1, 0.15) is 18.9 Å². The van der Waals surface area contributed by atoms with Gasteiger partial charge in [-0.2, -0.15) is 0 Å². The minimum atomic E-state index is -1.34. The molecule has 3 N–H and O–H groups in total. The average molecular weight is 302 g/mol. The molecule has 6 heteroatoms. The van der Waals surface area contributed by atoms with Crippen molar-refractivity contribution in [2.75, 3.05) is 6.61 Å². The second-order valence-corrected chi connectivity index (χ2v) is 5.48. The van der Waals surface area contributed by atoms with Gasteiger partial charge < -0.3 is 20.2 Å². The highest BCUT2D eigenvalue weighted by molar-refractivity contribution is 5.91. The highest BCUT2D eigenvalue weighted by Crippen LogP contribution is 2.33. The molecule has 1 aliphatic heterocycles. The molecule has 1 aromatic carbocycles. The third-order valence-corrected chi connectivity index (χ3v) is 3.95. The Morgan fingerprint density at radius 1 is 1.50 bits per heavy atom. The molecule has 2 heterocycles. The predicted octanol–water partition coefficient (Wildman–Crippen LogP) is 1.29. The lowest BCUT2D eigenvalue weighted by Crippen LogP contribution is -2.42. The molecule has 1 aromatic heterocycles. The number of esters is 2. The fourth-order valence-corrected chi connectivity index (χ4v) is 2.90. The van der Waals surface area contributed by atoms with Crippen LogP contribution in [0.3, 0.4) is 0 Å². The first-order valence-corrected chi connectivity index (χ1v) is 7.26. The van der Waals surface area contributed by atoms with Gasteiger partial charge in [0.1, 0.15) is 6.04 Å². The molecule has 1 fully saturated rings. The zero-order valence-corrected chi connectivity index (χ0v) is 12.3. The molecule has 0 bridgehead atoms. The summed E-state index contributed by atoms with van der Waals surface area (Å²) in [4.78, 5) is 27.2. The Labute approximate surface area is 127 Å². The number of nitrogens with two attached hydrogens (primary N) is 1. The van der Waals surface area contributed by atoms with Crippen LogP contribution in [0.2, 0.25) is 0 Å². The van der Waals surface area contributed by atoms with Gasteiger partial charge in [-0.15, -0.1) is 0 Å². The smallest absolute Gasteiger partial charge is 0.351 e. The van der Waals surface area contributed by atoms with Gasteiger partial charge in [-0.3, -0.25) is 4.79 Å². The zero-order chi connectivity index (χ0) is 15.7. The molecule has 1 aliphatic rings. The van der Waals surface area contributed by atoms with Crippen LogP contribution in [0.4, 0.5) is 0 Å². The maximum absolute atomic E-state index is 12.4. The first-order chi connectivity index (χ1) is 10.6. The van der Waals surface area contributed by atoms with Crippen LogP contribution >= 0.6 is 0 Å². The second kappa shape index (κ2) is 5.46. The van der Waals surface area contributed by atoms with E-state index in [1.54, 1.807) is 6.92 Å². The van der Waals surface area contributed by atoms with Crippen molar-refractivity contribution in [2.24, 2.45) is 5.73 Å². The monoisotopic (exact) mass is 302 g/mol. The Kier molecular flexibility index (Phi) is 3.62. The number of nitrogens with one attached hydrogen (secondary N) is 1. The van der Waals surface area contributed by atoms with Gasteiger partial charge in [-0.25, -0.2) is 4.79 Å². The SMILES string of the molecule is CCOC(=O)[C@@]1(Cc2c[nH]c3ccccc23)C[C@H](N)C(=O)O1. The fourth-order valence-electron chi connectivity index (χ4n) is 2.90. The highest BCUT2D eigenvalue weighted by Gasteiger charge is 2.52. The van der Waals surface area contributed by atoms with E-state index in [0.29, 0.717) is 0 Å². The van der Waals surface area contributed by atoms with E-state index in [2.05, 4.69) is 4.98 Å². The van der Waals surface area contributed by atoms with Crippen LogP contribution in [-0.4, -0.2) is 35.2 Å². The van der Waals surface area contributed by atoms with Crippen molar-refractivity contribution >= 4 is 22.8 Å². The summed E-state index contributed by atoms with van der Waals surface area (Å²) in [6.07, 6.45) is 2.20. The minimum absolute atomic E-state index is 0.129. The predicted molar refractivity (Wildman–Crippen MR) is 80.1 cm³/mol. The molecule has 0 amide bonds. The van der Waals surface area contributed by atoms with Crippen molar-refractivity contribution in [1.29, 1.82) is 0 Å². The standard InChI is InChI=1S/C16H18N2O4/c1-2-21-15(20)16(8-12(17)14(19)22-16)7-10-9-18-13-6-4-3-5-11(10)13/h3-6,9,12,18H,2,7-8,17H2,1H3/t12-,16+/m0/s1. The number of aromatic amines is 1. The van der Waals surface area contributed by atoms with Gasteiger partial charge in [0.15, 0.2) is 0 Å². The fraction of sp³-hybridized carbons (Fsp3) is 0.375. The number of cyclic esters (lactones) is 1. The largest absolute Gasteiger partial charge is 0.463 e.